The van der Waals surface area contributed by atoms with E-state index >= 15 is 0 Å². The molecule has 2 aromatic rings. The number of aryl methyl sites for hydroxylation is 1. The Balaban J connectivity index is 1.85. The highest BCUT2D eigenvalue weighted by Gasteiger charge is 2.15. The molecule has 2 rings (SSSR count). The van der Waals surface area contributed by atoms with Crippen molar-refractivity contribution in [2.75, 3.05) is 11.9 Å². The van der Waals surface area contributed by atoms with Gasteiger partial charge >= 0.3 is 0 Å². The smallest absolute Gasteiger partial charge is 0.262 e. The number of benzene rings is 2. The number of ether oxygens (including phenoxy) is 1. The predicted molar refractivity (Wildman–Crippen MR) is 125 cm³/mol. The summed E-state index contributed by atoms with van der Waals surface area (Å²) in [5.74, 6) is 0.112. The van der Waals surface area contributed by atoms with E-state index in [-0.39, 0.29) is 23.1 Å². The first-order valence-corrected chi connectivity index (χ1v) is 11.4. The van der Waals surface area contributed by atoms with Crippen molar-refractivity contribution < 1.29 is 14.6 Å². The predicted octanol–water partition coefficient (Wildman–Crippen LogP) is 7.32. The highest BCUT2D eigenvalue weighted by molar-refractivity contribution is 6.37. The summed E-state index contributed by atoms with van der Waals surface area (Å²) in [4.78, 5) is 12.3. The van der Waals surface area contributed by atoms with Crippen LogP contribution in [0.2, 0.25) is 10.0 Å². The van der Waals surface area contributed by atoms with Crippen LogP contribution in [0, 0.1) is 6.92 Å². The van der Waals surface area contributed by atoms with E-state index in [0.29, 0.717) is 16.3 Å². The Morgan fingerprint density at radius 2 is 1.73 bits per heavy atom. The van der Waals surface area contributed by atoms with E-state index in [2.05, 4.69) is 12.2 Å². The molecule has 0 atom stereocenters. The van der Waals surface area contributed by atoms with Gasteiger partial charge in [0.05, 0.1) is 10.7 Å². The fourth-order valence-electron chi connectivity index (χ4n) is 3.25. The van der Waals surface area contributed by atoms with Crippen LogP contribution in [0.4, 0.5) is 5.69 Å². The SMILES string of the molecule is CCCCCCCCCc1ccccc1OCC(=O)Nc1cc(Cl)c(C)c(Cl)c1O. The number of para-hydroxylation sites is 1. The summed E-state index contributed by atoms with van der Waals surface area (Å²) in [6, 6.07) is 9.27. The van der Waals surface area contributed by atoms with Gasteiger partial charge < -0.3 is 15.2 Å². The summed E-state index contributed by atoms with van der Waals surface area (Å²) in [6.07, 6.45) is 9.69. The Morgan fingerprint density at radius 3 is 2.47 bits per heavy atom. The number of carbonyl (C=O) groups excluding carboxylic acids is 1. The van der Waals surface area contributed by atoms with Crippen LogP contribution in [0.1, 0.15) is 63.0 Å². The minimum Gasteiger partial charge on any atom is -0.504 e. The molecule has 0 fully saturated rings. The Bertz CT molecular complexity index is 839. The number of anilines is 1. The molecular weight excluding hydrogens is 421 g/mol. The first-order chi connectivity index (χ1) is 14.4. The minimum absolute atomic E-state index is 0.124. The number of hydrogen-bond donors (Lipinski definition) is 2. The van der Waals surface area contributed by atoms with Gasteiger partial charge in [0.25, 0.3) is 5.91 Å². The number of nitrogens with one attached hydrogen (secondary N) is 1. The van der Waals surface area contributed by atoms with Crippen molar-refractivity contribution >= 4 is 34.8 Å². The molecule has 0 bridgehead atoms. The van der Waals surface area contributed by atoms with Gasteiger partial charge in [-0.15, -0.1) is 0 Å². The normalized spacial score (nSPS) is 10.8. The maximum Gasteiger partial charge on any atom is 0.262 e. The van der Waals surface area contributed by atoms with Crippen LogP contribution in [0.15, 0.2) is 30.3 Å². The number of halogens is 2. The molecule has 6 heteroatoms. The number of phenols is 1. The number of unbranched alkanes of at least 4 members (excludes halogenated alkanes) is 6. The van der Waals surface area contributed by atoms with Crippen molar-refractivity contribution in [1.29, 1.82) is 0 Å². The standard InChI is InChI=1S/C24H31Cl2NO3/c1-3-4-5-6-7-8-9-12-18-13-10-11-14-21(18)30-16-22(28)27-20-15-19(25)17(2)23(26)24(20)29/h10-11,13-15,29H,3-9,12,16H2,1-2H3,(H,27,28). The number of phenolic OH excluding ortho intramolecular Hbond substituents is 1. The average Bonchev–Trinajstić information content (AvgIpc) is 2.74. The highest BCUT2D eigenvalue weighted by atomic mass is 35.5. The topological polar surface area (TPSA) is 58.6 Å². The zero-order valence-electron chi connectivity index (χ0n) is 17.8. The van der Waals surface area contributed by atoms with Gasteiger partial charge in [-0.05, 0) is 43.0 Å². The van der Waals surface area contributed by atoms with Crippen LogP contribution < -0.4 is 10.1 Å². The van der Waals surface area contributed by atoms with E-state index in [9.17, 15) is 9.90 Å². The number of carbonyl (C=O) groups is 1. The number of rotatable bonds is 12. The quantitative estimate of drug-likeness (QED) is 0.262. The van der Waals surface area contributed by atoms with Crippen LogP contribution in [0.5, 0.6) is 11.5 Å². The van der Waals surface area contributed by atoms with E-state index in [1.165, 1.54) is 44.6 Å². The zero-order chi connectivity index (χ0) is 21.9. The lowest BCUT2D eigenvalue weighted by Crippen LogP contribution is -2.20. The number of hydrogen-bond acceptors (Lipinski definition) is 3. The second-order valence-electron chi connectivity index (χ2n) is 7.51. The van der Waals surface area contributed by atoms with Gasteiger partial charge in [-0.2, -0.15) is 0 Å². The largest absolute Gasteiger partial charge is 0.504 e. The van der Waals surface area contributed by atoms with Gasteiger partial charge in [-0.3, -0.25) is 4.79 Å². The first-order valence-electron chi connectivity index (χ1n) is 10.6. The van der Waals surface area contributed by atoms with Gasteiger partial charge in [-0.1, -0.05) is 86.8 Å². The third-order valence-electron chi connectivity index (χ3n) is 5.08. The van der Waals surface area contributed by atoms with Gasteiger partial charge in [0, 0.05) is 5.02 Å². The van der Waals surface area contributed by atoms with E-state index in [4.69, 9.17) is 27.9 Å². The van der Waals surface area contributed by atoms with Crippen molar-refractivity contribution in [3.63, 3.8) is 0 Å². The summed E-state index contributed by atoms with van der Waals surface area (Å²) in [7, 11) is 0. The molecule has 0 aliphatic carbocycles. The van der Waals surface area contributed by atoms with Crippen LogP contribution >= 0.6 is 23.2 Å². The van der Waals surface area contributed by atoms with E-state index in [1.54, 1.807) is 6.92 Å². The summed E-state index contributed by atoms with van der Waals surface area (Å²) < 4.78 is 5.75. The number of aromatic hydroxyl groups is 1. The molecule has 0 aliphatic rings. The fraction of sp³-hybridized carbons (Fsp3) is 0.458. The lowest BCUT2D eigenvalue weighted by atomic mass is 10.0. The summed E-state index contributed by atoms with van der Waals surface area (Å²) in [5, 5.41) is 13.2. The van der Waals surface area contributed by atoms with Crippen molar-refractivity contribution in [3.05, 3.63) is 51.5 Å². The van der Waals surface area contributed by atoms with Crippen molar-refractivity contribution in [1.82, 2.24) is 0 Å². The molecule has 0 aromatic heterocycles. The van der Waals surface area contributed by atoms with Crippen LogP contribution in [-0.4, -0.2) is 17.6 Å². The lowest BCUT2D eigenvalue weighted by molar-refractivity contribution is -0.118. The lowest BCUT2D eigenvalue weighted by Gasteiger charge is -2.13. The summed E-state index contributed by atoms with van der Waals surface area (Å²) in [5.41, 5.74) is 1.83. The molecule has 0 unspecified atom stereocenters. The van der Waals surface area contributed by atoms with Crippen molar-refractivity contribution in [2.24, 2.45) is 0 Å². The van der Waals surface area contributed by atoms with E-state index in [0.717, 1.165) is 18.4 Å². The monoisotopic (exact) mass is 451 g/mol. The molecule has 4 nitrogen and oxygen atoms in total. The summed E-state index contributed by atoms with van der Waals surface area (Å²) >= 11 is 12.1. The van der Waals surface area contributed by atoms with Crippen LogP contribution in [-0.2, 0) is 11.2 Å². The average molecular weight is 452 g/mol. The minimum atomic E-state index is -0.396. The van der Waals surface area contributed by atoms with Crippen LogP contribution in [0.25, 0.3) is 0 Å². The van der Waals surface area contributed by atoms with Gasteiger partial charge in [0.2, 0.25) is 0 Å². The molecule has 30 heavy (non-hydrogen) atoms. The third kappa shape index (κ3) is 7.41. The molecule has 0 saturated carbocycles. The number of amides is 1. The Hall–Kier alpha value is -1.91. The molecule has 2 N–H and O–H groups in total. The van der Waals surface area contributed by atoms with Crippen LogP contribution in [0.3, 0.4) is 0 Å². The highest BCUT2D eigenvalue weighted by Crippen LogP contribution is 2.38. The molecule has 0 radical (unpaired) electrons. The molecule has 1 amide bonds. The molecule has 0 saturated heterocycles. The molecule has 0 spiro atoms. The Morgan fingerprint density at radius 1 is 1.07 bits per heavy atom. The van der Waals surface area contributed by atoms with Crippen molar-refractivity contribution in [2.45, 2.75) is 65.2 Å². The molecule has 0 heterocycles. The van der Waals surface area contributed by atoms with Crippen molar-refractivity contribution in [3.8, 4) is 11.5 Å². The maximum atomic E-state index is 12.3. The molecular formula is C24H31Cl2NO3. The third-order valence-corrected chi connectivity index (χ3v) is 5.93. The first kappa shape index (κ1) is 24.4. The van der Waals surface area contributed by atoms with Gasteiger partial charge in [-0.25, -0.2) is 0 Å². The summed E-state index contributed by atoms with van der Waals surface area (Å²) in [6.45, 7) is 3.75. The molecule has 164 valence electrons. The molecule has 0 aliphatic heterocycles. The zero-order valence-corrected chi connectivity index (χ0v) is 19.3. The Labute approximate surface area is 189 Å². The second kappa shape index (κ2) is 12.7. The fourth-order valence-corrected chi connectivity index (χ4v) is 3.71. The van der Waals surface area contributed by atoms with E-state index in [1.807, 2.05) is 24.3 Å². The Kier molecular flexibility index (Phi) is 10.3. The van der Waals surface area contributed by atoms with Gasteiger partial charge in [0.15, 0.2) is 12.4 Å². The second-order valence-corrected chi connectivity index (χ2v) is 8.29. The van der Waals surface area contributed by atoms with Gasteiger partial charge in [0.1, 0.15) is 5.75 Å². The molecule has 2 aromatic carbocycles. The van der Waals surface area contributed by atoms with E-state index < -0.39 is 5.91 Å². The maximum absolute atomic E-state index is 12.3.